The van der Waals surface area contributed by atoms with Gasteiger partial charge in [-0.1, -0.05) is 54.0 Å². The maximum atomic E-state index is 4.31. The fraction of sp³-hybridized carbons (Fsp3) is 0.906. The van der Waals surface area contributed by atoms with Gasteiger partial charge in [0.2, 0.25) is 0 Å². The van der Waals surface area contributed by atoms with Crippen molar-refractivity contribution < 1.29 is 0 Å². The van der Waals surface area contributed by atoms with Crippen LogP contribution in [0.1, 0.15) is 133 Å². The van der Waals surface area contributed by atoms with Gasteiger partial charge in [-0.05, 0) is 137 Å². The number of hydrogen-bond acceptors (Lipinski definition) is 1. The first-order valence-corrected chi connectivity index (χ1v) is 14.8. The second-order valence-corrected chi connectivity index (χ2v) is 12.6. The summed E-state index contributed by atoms with van der Waals surface area (Å²) in [4.78, 5) is 4.31. The summed E-state index contributed by atoms with van der Waals surface area (Å²) in [6.07, 6.45) is 18.7. The normalized spacial score (nSPS) is 39.7. The van der Waals surface area contributed by atoms with Gasteiger partial charge >= 0.3 is 0 Å². The fourth-order valence-electron chi connectivity index (χ4n) is 8.78. The van der Waals surface area contributed by atoms with E-state index < -0.39 is 0 Å². The molecule has 7 atom stereocenters. The predicted octanol–water partition coefficient (Wildman–Crippen LogP) is 10.2. The van der Waals surface area contributed by atoms with Gasteiger partial charge in [-0.15, -0.1) is 0 Å². The smallest absolute Gasteiger partial charge is 0.0313 e. The Bertz CT molecular complexity index is 655. The average molecular weight is 458 g/mol. The molecule has 4 rings (SSSR count). The van der Waals surface area contributed by atoms with Crippen LogP contribution < -0.4 is 0 Å². The molecule has 4 fully saturated rings. The lowest BCUT2D eigenvalue weighted by atomic mass is 9.48. The number of nitrogens with zero attached hydrogens (tertiary/aromatic N) is 1. The van der Waals surface area contributed by atoms with E-state index in [0.717, 1.165) is 35.5 Å². The maximum absolute atomic E-state index is 4.31. The van der Waals surface area contributed by atoms with E-state index in [2.05, 4.69) is 45.7 Å². The van der Waals surface area contributed by atoms with Crippen LogP contribution in [0.5, 0.6) is 0 Å². The molecule has 1 nitrogen and oxygen atoms in total. The zero-order valence-corrected chi connectivity index (χ0v) is 24.3. The Morgan fingerprint density at radius 1 is 0.818 bits per heavy atom. The monoisotopic (exact) mass is 457 g/mol. The summed E-state index contributed by atoms with van der Waals surface area (Å²) in [6.45, 7) is 20.2. The van der Waals surface area contributed by atoms with Gasteiger partial charge in [0.25, 0.3) is 0 Å². The summed E-state index contributed by atoms with van der Waals surface area (Å²) < 4.78 is 0. The van der Waals surface area contributed by atoms with Crippen LogP contribution in [0.2, 0.25) is 0 Å². The van der Waals surface area contributed by atoms with E-state index in [1.165, 1.54) is 62.7 Å². The van der Waals surface area contributed by atoms with Gasteiger partial charge in [0.05, 0.1) is 0 Å². The van der Waals surface area contributed by atoms with E-state index in [1.807, 2.05) is 34.7 Å². The number of hydrogen-bond donors (Lipinski definition) is 0. The van der Waals surface area contributed by atoms with Gasteiger partial charge in [0, 0.05) is 12.8 Å². The summed E-state index contributed by atoms with van der Waals surface area (Å²) in [5, 5.41) is 0. The van der Waals surface area contributed by atoms with Crippen molar-refractivity contribution in [3.8, 4) is 0 Å². The lowest BCUT2D eigenvalue weighted by molar-refractivity contribution is -0.0764. The minimum Gasteiger partial charge on any atom is -0.293 e. The highest BCUT2D eigenvalue weighted by atomic mass is 14.7. The van der Waals surface area contributed by atoms with Crippen LogP contribution >= 0.6 is 0 Å². The third-order valence-corrected chi connectivity index (χ3v) is 10.4. The summed E-state index contributed by atoms with van der Waals surface area (Å²) in [7, 11) is 1.90. The maximum Gasteiger partial charge on any atom is 0.0313 e. The van der Waals surface area contributed by atoms with Crippen molar-refractivity contribution in [3.05, 3.63) is 11.6 Å². The number of aliphatic imine (C=N–C) groups is 1. The van der Waals surface area contributed by atoms with Crippen LogP contribution in [0.25, 0.3) is 0 Å². The van der Waals surface area contributed by atoms with Crippen molar-refractivity contribution in [3.63, 3.8) is 0 Å². The highest BCUT2D eigenvalue weighted by Gasteiger charge is 2.56. The number of rotatable bonds is 4. The van der Waals surface area contributed by atoms with Crippen LogP contribution in [0.3, 0.4) is 0 Å². The zero-order valence-electron chi connectivity index (χ0n) is 24.3. The molecule has 1 heteroatoms. The molecule has 0 saturated heterocycles. The van der Waals surface area contributed by atoms with E-state index in [9.17, 15) is 0 Å². The molecule has 4 aliphatic rings. The average Bonchev–Trinajstić information content (AvgIpc) is 3.15. The SMILES string of the molecule is CC.CC.CN=C(C)/C=C(\C)CCC1CCC2C3CCC4CC(C)(C)CCC4C3CCC12C. The third-order valence-electron chi connectivity index (χ3n) is 10.4. The van der Waals surface area contributed by atoms with Crippen LogP contribution in [-0.4, -0.2) is 12.8 Å². The molecule has 7 unspecified atom stereocenters. The first-order valence-electron chi connectivity index (χ1n) is 14.8. The molecule has 0 aliphatic heterocycles. The summed E-state index contributed by atoms with van der Waals surface area (Å²) in [5.74, 6) is 6.26. The van der Waals surface area contributed by atoms with Crippen LogP contribution in [-0.2, 0) is 0 Å². The van der Waals surface area contributed by atoms with Gasteiger partial charge in [-0.2, -0.15) is 0 Å². The molecule has 0 spiro atoms. The highest BCUT2D eigenvalue weighted by Crippen LogP contribution is 2.65. The first-order chi connectivity index (χ1) is 15.7. The van der Waals surface area contributed by atoms with E-state index in [0.29, 0.717) is 10.8 Å². The lowest BCUT2D eigenvalue weighted by Gasteiger charge is -2.57. The quantitative estimate of drug-likeness (QED) is 0.372. The molecule has 192 valence electrons. The van der Waals surface area contributed by atoms with Gasteiger partial charge in [-0.3, -0.25) is 4.99 Å². The Kier molecular flexibility index (Phi) is 10.8. The molecule has 0 radical (unpaired) electrons. The Morgan fingerprint density at radius 2 is 1.48 bits per heavy atom. The molecule has 0 aromatic carbocycles. The van der Waals surface area contributed by atoms with Crippen LogP contribution in [0.15, 0.2) is 16.6 Å². The van der Waals surface area contributed by atoms with Crippen molar-refractivity contribution in [2.75, 3.05) is 7.05 Å². The van der Waals surface area contributed by atoms with Crippen molar-refractivity contribution >= 4 is 5.71 Å². The largest absolute Gasteiger partial charge is 0.293 e. The molecule has 0 N–H and O–H groups in total. The second-order valence-electron chi connectivity index (χ2n) is 12.6. The minimum absolute atomic E-state index is 0.613. The predicted molar refractivity (Wildman–Crippen MR) is 149 cm³/mol. The first kappa shape index (κ1) is 28.6. The van der Waals surface area contributed by atoms with Crippen molar-refractivity contribution in [1.82, 2.24) is 0 Å². The Labute approximate surface area is 208 Å². The zero-order chi connectivity index (χ0) is 24.8. The summed E-state index contributed by atoms with van der Waals surface area (Å²) >= 11 is 0. The topological polar surface area (TPSA) is 12.4 Å². The molecular weight excluding hydrogens is 398 g/mol. The summed E-state index contributed by atoms with van der Waals surface area (Å²) in [5.41, 5.74) is 3.95. The molecule has 0 amide bonds. The van der Waals surface area contributed by atoms with Crippen molar-refractivity contribution in [2.24, 2.45) is 51.3 Å². The number of fused-ring (bicyclic) bond motifs is 5. The summed E-state index contributed by atoms with van der Waals surface area (Å²) in [6, 6.07) is 0. The van der Waals surface area contributed by atoms with Crippen LogP contribution in [0, 0.1) is 46.3 Å². The fourth-order valence-corrected chi connectivity index (χ4v) is 8.78. The Balaban J connectivity index is 0.000000914. The Morgan fingerprint density at radius 3 is 2.15 bits per heavy atom. The van der Waals surface area contributed by atoms with Gasteiger partial charge < -0.3 is 0 Å². The van der Waals surface area contributed by atoms with Gasteiger partial charge in [0.1, 0.15) is 0 Å². The van der Waals surface area contributed by atoms with Gasteiger partial charge in [0.15, 0.2) is 0 Å². The molecule has 0 heterocycles. The van der Waals surface area contributed by atoms with E-state index in [1.54, 1.807) is 19.3 Å². The molecule has 4 saturated carbocycles. The standard InChI is InChI=1S/C28H47N.2C2H6/c1-19(17-20(2)29-6)7-9-22-10-12-26-25-11-8-21-18-27(3,4)15-13-23(21)24(25)14-16-28(22,26)5;2*1-2/h17,21-26H,7-16,18H2,1-6H3;2*1-2H3/b19-17+,29-20?;;. The molecule has 33 heavy (non-hydrogen) atoms. The molecule has 0 bridgehead atoms. The third kappa shape index (κ3) is 6.35. The van der Waals surface area contributed by atoms with E-state index >= 15 is 0 Å². The number of allylic oxidation sites excluding steroid dienone is 2. The molecular formula is C32H59N. The van der Waals surface area contributed by atoms with Crippen molar-refractivity contribution in [2.45, 2.75) is 133 Å². The van der Waals surface area contributed by atoms with Crippen LogP contribution in [0.4, 0.5) is 0 Å². The highest BCUT2D eigenvalue weighted by molar-refractivity contribution is 5.93. The molecule has 4 aliphatic carbocycles. The minimum atomic E-state index is 0.613. The Hall–Kier alpha value is -0.590. The second kappa shape index (κ2) is 12.4. The molecule has 0 aromatic rings. The van der Waals surface area contributed by atoms with Crippen molar-refractivity contribution in [1.29, 1.82) is 0 Å². The van der Waals surface area contributed by atoms with E-state index in [-0.39, 0.29) is 0 Å². The lowest BCUT2D eigenvalue weighted by Crippen LogP contribution is -2.49. The molecule has 0 aromatic heterocycles. The van der Waals surface area contributed by atoms with E-state index in [4.69, 9.17) is 0 Å². The van der Waals surface area contributed by atoms with Gasteiger partial charge in [-0.25, -0.2) is 0 Å².